The molecule has 1 fully saturated rings. The van der Waals surface area contributed by atoms with Crippen molar-refractivity contribution in [3.8, 4) is 0 Å². The molecule has 19 heavy (non-hydrogen) atoms. The minimum Gasteiger partial charge on any atom is -0.389 e. The van der Waals surface area contributed by atoms with E-state index in [1.165, 1.54) is 0 Å². The minimum absolute atomic E-state index is 0.136. The quantitative estimate of drug-likeness (QED) is 0.609. The van der Waals surface area contributed by atoms with Crippen LogP contribution < -0.4 is 5.32 Å². The number of aliphatic hydroxyl groups excluding tert-OH is 1. The summed E-state index contributed by atoms with van der Waals surface area (Å²) in [6, 6.07) is -0.233. The van der Waals surface area contributed by atoms with Gasteiger partial charge in [0.2, 0.25) is 5.91 Å². The molecule has 5 heteroatoms. The first-order chi connectivity index (χ1) is 9.15. The van der Waals surface area contributed by atoms with Crippen molar-refractivity contribution in [3.05, 3.63) is 0 Å². The Bertz CT molecular complexity index is 255. The molecule has 2 unspecified atom stereocenters. The molecule has 2 N–H and O–H groups in total. The van der Waals surface area contributed by atoms with Crippen molar-refractivity contribution in [2.75, 3.05) is 32.8 Å². The van der Waals surface area contributed by atoms with Crippen LogP contribution >= 0.6 is 0 Å². The Morgan fingerprint density at radius 1 is 1.42 bits per heavy atom. The maximum atomic E-state index is 12.0. The molecule has 0 aliphatic carbocycles. The number of carbonyl (C=O) groups excluding carboxylic acids is 1. The molecule has 1 aliphatic rings. The summed E-state index contributed by atoms with van der Waals surface area (Å²) in [5, 5.41) is 12.8. The second-order valence-electron chi connectivity index (χ2n) is 5.24. The van der Waals surface area contributed by atoms with Crippen LogP contribution in [0.25, 0.3) is 0 Å². The van der Waals surface area contributed by atoms with E-state index < -0.39 is 6.10 Å². The zero-order chi connectivity index (χ0) is 14.1. The van der Waals surface area contributed by atoms with E-state index in [4.69, 9.17) is 4.74 Å². The van der Waals surface area contributed by atoms with Gasteiger partial charge in [0, 0.05) is 26.2 Å². The summed E-state index contributed by atoms with van der Waals surface area (Å²) in [7, 11) is 0. The molecular formula is C14H28N2O3. The van der Waals surface area contributed by atoms with Crippen LogP contribution in [0.15, 0.2) is 0 Å². The topological polar surface area (TPSA) is 61.8 Å². The van der Waals surface area contributed by atoms with Crippen molar-refractivity contribution >= 4 is 5.91 Å². The summed E-state index contributed by atoms with van der Waals surface area (Å²) in [5.74, 6) is 0.136. The number of unbranched alkanes of at least 4 members (excludes halogenated alkanes) is 1. The minimum atomic E-state index is -0.550. The van der Waals surface area contributed by atoms with Gasteiger partial charge in [0.05, 0.1) is 18.8 Å². The van der Waals surface area contributed by atoms with E-state index in [1.807, 2.05) is 11.8 Å². The maximum Gasteiger partial charge on any atom is 0.239 e. The summed E-state index contributed by atoms with van der Waals surface area (Å²) < 4.78 is 5.34. The van der Waals surface area contributed by atoms with Crippen molar-refractivity contribution in [1.82, 2.24) is 10.2 Å². The molecule has 0 spiro atoms. The Morgan fingerprint density at radius 3 is 2.74 bits per heavy atom. The number of nitrogens with zero attached hydrogens (tertiary/aromatic N) is 1. The van der Waals surface area contributed by atoms with Gasteiger partial charge in [0.15, 0.2) is 0 Å². The fourth-order valence-electron chi connectivity index (χ4n) is 2.14. The lowest BCUT2D eigenvalue weighted by Gasteiger charge is -2.22. The average molecular weight is 272 g/mol. The molecule has 0 aromatic carbocycles. The number of aliphatic hydroxyl groups is 1. The van der Waals surface area contributed by atoms with Crippen LogP contribution in [0.3, 0.4) is 0 Å². The molecule has 0 aromatic rings. The van der Waals surface area contributed by atoms with Gasteiger partial charge >= 0.3 is 0 Å². The lowest BCUT2D eigenvalue weighted by Crippen LogP contribution is -2.46. The van der Waals surface area contributed by atoms with E-state index >= 15 is 0 Å². The molecule has 0 aromatic heterocycles. The highest BCUT2D eigenvalue weighted by Gasteiger charge is 2.23. The van der Waals surface area contributed by atoms with E-state index in [-0.39, 0.29) is 11.9 Å². The number of amides is 1. The third-order valence-corrected chi connectivity index (χ3v) is 3.40. The maximum absolute atomic E-state index is 12.0. The van der Waals surface area contributed by atoms with Crippen molar-refractivity contribution in [1.29, 1.82) is 0 Å². The lowest BCUT2D eigenvalue weighted by molar-refractivity contribution is -0.132. The fourth-order valence-corrected chi connectivity index (χ4v) is 2.14. The Hall–Kier alpha value is -0.650. The number of rotatable bonds is 9. The highest BCUT2D eigenvalue weighted by molar-refractivity contribution is 5.81. The number of hydrogen-bond acceptors (Lipinski definition) is 4. The molecule has 0 bridgehead atoms. The molecule has 2 atom stereocenters. The highest BCUT2D eigenvalue weighted by atomic mass is 16.5. The van der Waals surface area contributed by atoms with Gasteiger partial charge in [0.1, 0.15) is 0 Å². The summed E-state index contributed by atoms with van der Waals surface area (Å²) in [6.45, 7) is 7.11. The molecule has 1 rings (SSSR count). The van der Waals surface area contributed by atoms with Crippen LogP contribution in [-0.2, 0) is 9.53 Å². The molecule has 1 aliphatic heterocycles. The Labute approximate surface area is 116 Å². The number of ether oxygens (including phenoxy) is 1. The van der Waals surface area contributed by atoms with Crippen molar-refractivity contribution in [2.45, 2.75) is 51.7 Å². The molecule has 1 saturated heterocycles. The normalized spacial score (nSPS) is 18.6. The van der Waals surface area contributed by atoms with Gasteiger partial charge in [-0.15, -0.1) is 0 Å². The third kappa shape index (κ3) is 6.36. The SMILES string of the molecule is CCCCOCC(O)CNC(C)C(=O)N1CCCC1. The van der Waals surface area contributed by atoms with Gasteiger partial charge in [-0.3, -0.25) is 4.79 Å². The van der Waals surface area contributed by atoms with E-state index in [0.29, 0.717) is 19.8 Å². The van der Waals surface area contributed by atoms with Crippen LogP contribution in [0.5, 0.6) is 0 Å². The Morgan fingerprint density at radius 2 is 2.11 bits per heavy atom. The molecule has 112 valence electrons. The molecule has 1 heterocycles. The molecule has 5 nitrogen and oxygen atoms in total. The molecular weight excluding hydrogens is 244 g/mol. The summed E-state index contributed by atoms with van der Waals surface area (Å²) in [6.07, 6.45) is 3.77. The zero-order valence-corrected chi connectivity index (χ0v) is 12.2. The second kappa shape index (κ2) is 9.28. The first-order valence-electron chi connectivity index (χ1n) is 7.43. The van der Waals surface area contributed by atoms with E-state index in [9.17, 15) is 9.90 Å². The Kier molecular flexibility index (Phi) is 8.02. The van der Waals surface area contributed by atoms with Crippen LogP contribution in [0.4, 0.5) is 0 Å². The molecule has 1 amide bonds. The van der Waals surface area contributed by atoms with Crippen LogP contribution in [-0.4, -0.2) is 60.9 Å². The standard InChI is InChI=1S/C14H28N2O3/c1-3-4-9-19-11-13(17)10-15-12(2)14(18)16-7-5-6-8-16/h12-13,15,17H,3-11H2,1-2H3. The largest absolute Gasteiger partial charge is 0.389 e. The Balaban J connectivity index is 2.10. The monoisotopic (exact) mass is 272 g/mol. The van der Waals surface area contributed by atoms with Gasteiger partial charge in [-0.05, 0) is 26.2 Å². The summed E-state index contributed by atoms with van der Waals surface area (Å²) in [5.41, 5.74) is 0. The number of likely N-dealkylation sites (tertiary alicyclic amines) is 1. The first kappa shape index (κ1) is 16.4. The van der Waals surface area contributed by atoms with Crippen LogP contribution in [0.2, 0.25) is 0 Å². The predicted octanol–water partition coefficient (Wildman–Crippen LogP) is 0.764. The van der Waals surface area contributed by atoms with Crippen molar-refractivity contribution in [3.63, 3.8) is 0 Å². The lowest BCUT2D eigenvalue weighted by atomic mass is 10.2. The van der Waals surface area contributed by atoms with Crippen molar-refractivity contribution in [2.24, 2.45) is 0 Å². The molecule has 0 saturated carbocycles. The van der Waals surface area contributed by atoms with E-state index in [2.05, 4.69) is 12.2 Å². The average Bonchev–Trinajstić information content (AvgIpc) is 2.94. The smallest absolute Gasteiger partial charge is 0.239 e. The van der Waals surface area contributed by atoms with E-state index in [1.54, 1.807) is 0 Å². The van der Waals surface area contributed by atoms with Gasteiger partial charge in [-0.25, -0.2) is 0 Å². The number of carbonyl (C=O) groups is 1. The van der Waals surface area contributed by atoms with E-state index in [0.717, 1.165) is 38.8 Å². The van der Waals surface area contributed by atoms with Crippen LogP contribution in [0, 0.1) is 0 Å². The highest BCUT2D eigenvalue weighted by Crippen LogP contribution is 2.08. The van der Waals surface area contributed by atoms with Gasteiger partial charge < -0.3 is 20.1 Å². The fraction of sp³-hybridized carbons (Fsp3) is 0.929. The third-order valence-electron chi connectivity index (χ3n) is 3.40. The van der Waals surface area contributed by atoms with Gasteiger partial charge in [0.25, 0.3) is 0 Å². The number of nitrogens with one attached hydrogen (secondary N) is 1. The van der Waals surface area contributed by atoms with Crippen LogP contribution in [0.1, 0.15) is 39.5 Å². The summed E-state index contributed by atoms with van der Waals surface area (Å²) >= 11 is 0. The van der Waals surface area contributed by atoms with Gasteiger partial charge in [-0.2, -0.15) is 0 Å². The zero-order valence-electron chi connectivity index (χ0n) is 12.2. The van der Waals surface area contributed by atoms with Crippen molar-refractivity contribution < 1.29 is 14.6 Å². The first-order valence-corrected chi connectivity index (χ1v) is 7.43. The molecule has 0 radical (unpaired) electrons. The van der Waals surface area contributed by atoms with Gasteiger partial charge in [-0.1, -0.05) is 13.3 Å². The number of hydrogen-bond donors (Lipinski definition) is 2. The summed E-state index contributed by atoms with van der Waals surface area (Å²) in [4.78, 5) is 13.9. The predicted molar refractivity (Wildman–Crippen MR) is 75.0 cm³/mol. The second-order valence-corrected chi connectivity index (χ2v) is 5.24.